The summed E-state index contributed by atoms with van der Waals surface area (Å²) in [5.41, 5.74) is 2.62. The van der Waals surface area contributed by atoms with Crippen LogP contribution in [0, 0.1) is 10.1 Å². The first kappa shape index (κ1) is 13.3. The minimum atomic E-state index is -0.317. The Kier molecular flexibility index (Phi) is 3.54. The third-order valence-corrected chi connectivity index (χ3v) is 3.93. The molecule has 2 aliphatic rings. The summed E-state index contributed by atoms with van der Waals surface area (Å²) in [7, 11) is 0. The summed E-state index contributed by atoms with van der Waals surface area (Å²) >= 11 is 0. The first-order chi connectivity index (χ1) is 9.68. The Labute approximate surface area is 117 Å². The molecule has 3 rings (SSSR count). The van der Waals surface area contributed by atoms with E-state index >= 15 is 0 Å². The molecule has 20 heavy (non-hydrogen) atoms. The maximum Gasteiger partial charge on any atom is 0.277 e. The van der Waals surface area contributed by atoms with Gasteiger partial charge in [0.1, 0.15) is 0 Å². The molecular formula is C15H18N2O3. The van der Waals surface area contributed by atoms with Gasteiger partial charge in [0, 0.05) is 19.2 Å². The van der Waals surface area contributed by atoms with E-state index < -0.39 is 0 Å². The fourth-order valence-electron chi connectivity index (χ4n) is 2.74. The zero-order valence-electron chi connectivity index (χ0n) is 11.3. The highest BCUT2D eigenvalue weighted by Gasteiger charge is 2.33. The lowest BCUT2D eigenvalue weighted by molar-refractivity contribution is -0.385. The van der Waals surface area contributed by atoms with Crippen molar-refractivity contribution in [3.63, 3.8) is 0 Å². The normalized spacial score (nSPS) is 22.5. The number of morpholine rings is 1. The molecule has 1 saturated heterocycles. The number of rotatable bonds is 4. The van der Waals surface area contributed by atoms with Gasteiger partial charge in [-0.25, -0.2) is 0 Å². The maximum atomic E-state index is 11.3. The largest absolute Gasteiger partial charge is 0.371 e. The number of benzene rings is 1. The van der Waals surface area contributed by atoms with Crippen molar-refractivity contribution in [3.8, 4) is 0 Å². The zero-order chi connectivity index (χ0) is 14.1. The Morgan fingerprint density at radius 1 is 1.45 bits per heavy atom. The maximum absolute atomic E-state index is 11.3. The number of nitrogens with zero attached hydrogens (tertiary/aromatic N) is 1. The average Bonchev–Trinajstić information content (AvgIpc) is 3.31. The van der Waals surface area contributed by atoms with Crippen LogP contribution in [0.5, 0.6) is 0 Å². The van der Waals surface area contributed by atoms with Gasteiger partial charge in [-0.2, -0.15) is 0 Å². The predicted molar refractivity (Wildman–Crippen MR) is 76.7 cm³/mol. The van der Waals surface area contributed by atoms with Gasteiger partial charge >= 0.3 is 0 Å². The number of nitro benzene ring substituents is 1. The van der Waals surface area contributed by atoms with E-state index in [1.807, 2.05) is 6.07 Å². The van der Waals surface area contributed by atoms with Crippen molar-refractivity contribution in [2.45, 2.75) is 24.9 Å². The van der Waals surface area contributed by atoms with Crippen LogP contribution in [0.25, 0.3) is 5.57 Å². The molecule has 1 saturated carbocycles. The number of hydrogen-bond acceptors (Lipinski definition) is 4. The Balaban J connectivity index is 2.00. The molecule has 1 unspecified atom stereocenters. The topological polar surface area (TPSA) is 64.4 Å². The second-order valence-electron chi connectivity index (χ2n) is 5.36. The highest BCUT2D eigenvalue weighted by molar-refractivity contribution is 5.77. The molecular weight excluding hydrogens is 256 g/mol. The van der Waals surface area contributed by atoms with Gasteiger partial charge in [0.15, 0.2) is 0 Å². The van der Waals surface area contributed by atoms with Crippen molar-refractivity contribution in [1.29, 1.82) is 0 Å². The van der Waals surface area contributed by atoms with Gasteiger partial charge in [0.25, 0.3) is 5.69 Å². The van der Waals surface area contributed by atoms with Crippen molar-refractivity contribution in [3.05, 3.63) is 46.0 Å². The van der Waals surface area contributed by atoms with E-state index in [-0.39, 0.29) is 16.7 Å². The second kappa shape index (κ2) is 5.34. The summed E-state index contributed by atoms with van der Waals surface area (Å²) in [5.74, 6) is 0.443. The molecule has 0 bridgehead atoms. The summed E-state index contributed by atoms with van der Waals surface area (Å²) in [4.78, 5) is 11.0. The van der Waals surface area contributed by atoms with Crippen LogP contribution in [0.4, 0.5) is 5.69 Å². The fourth-order valence-corrected chi connectivity index (χ4v) is 2.74. The van der Waals surface area contributed by atoms with Gasteiger partial charge in [0.2, 0.25) is 0 Å². The summed E-state index contributed by atoms with van der Waals surface area (Å²) in [6.07, 6.45) is 2.03. The SMILES string of the molecule is C=C(c1c(C2CC2)cccc1[N+](=O)[O-])C1CNCCO1. The third-order valence-electron chi connectivity index (χ3n) is 3.93. The second-order valence-corrected chi connectivity index (χ2v) is 5.36. The van der Waals surface area contributed by atoms with Crippen LogP contribution in [0.1, 0.15) is 29.9 Å². The van der Waals surface area contributed by atoms with Crippen molar-refractivity contribution in [1.82, 2.24) is 5.32 Å². The molecule has 1 atom stereocenters. The number of nitrogens with one attached hydrogen (secondary N) is 1. The van der Waals surface area contributed by atoms with Crippen molar-refractivity contribution < 1.29 is 9.66 Å². The molecule has 1 aliphatic heterocycles. The van der Waals surface area contributed by atoms with Crippen LogP contribution in [0.3, 0.4) is 0 Å². The molecule has 106 valence electrons. The summed E-state index contributed by atoms with van der Waals surface area (Å²) in [5, 5.41) is 14.6. The quantitative estimate of drug-likeness (QED) is 0.676. The van der Waals surface area contributed by atoms with Crippen molar-refractivity contribution >= 4 is 11.3 Å². The van der Waals surface area contributed by atoms with Crippen LogP contribution >= 0.6 is 0 Å². The van der Waals surface area contributed by atoms with E-state index in [0.717, 1.165) is 30.5 Å². The molecule has 1 heterocycles. The van der Waals surface area contributed by atoms with E-state index in [4.69, 9.17) is 4.74 Å². The minimum Gasteiger partial charge on any atom is -0.371 e. The summed E-state index contributed by atoms with van der Waals surface area (Å²) in [6, 6.07) is 5.31. The Morgan fingerprint density at radius 3 is 2.85 bits per heavy atom. The van der Waals surface area contributed by atoms with Crippen LogP contribution in [-0.4, -0.2) is 30.7 Å². The lowest BCUT2D eigenvalue weighted by Gasteiger charge is -2.26. The standard InChI is InChI=1S/C15H18N2O3/c1-10(14-9-16-7-8-20-14)15-12(11-5-6-11)3-2-4-13(15)17(18)19/h2-4,11,14,16H,1,5-9H2. The van der Waals surface area contributed by atoms with Gasteiger partial charge in [-0.3, -0.25) is 10.1 Å². The molecule has 0 amide bonds. The molecule has 1 N–H and O–H groups in total. The third kappa shape index (κ3) is 2.46. The highest BCUT2D eigenvalue weighted by Crippen LogP contribution is 2.46. The van der Waals surface area contributed by atoms with Gasteiger partial charge in [0.05, 0.1) is 23.2 Å². The van der Waals surface area contributed by atoms with Crippen LogP contribution in [0.2, 0.25) is 0 Å². The molecule has 1 aromatic rings. The van der Waals surface area contributed by atoms with E-state index in [1.165, 1.54) is 0 Å². The van der Waals surface area contributed by atoms with Crippen LogP contribution in [-0.2, 0) is 4.74 Å². The van der Waals surface area contributed by atoms with Gasteiger partial charge in [-0.15, -0.1) is 0 Å². The van der Waals surface area contributed by atoms with E-state index in [1.54, 1.807) is 12.1 Å². The predicted octanol–water partition coefficient (Wildman–Crippen LogP) is 2.47. The van der Waals surface area contributed by atoms with E-state index in [9.17, 15) is 10.1 Å². The molecule has 0 radical (unpaired) electrons. The lowest BCUT2D eigenvalue weighted by atomic mass is 9.92. The summed E-state index contributed by atoms with van der Waals surface area (Å²) in [6.45, 7) is 6.18. The first-order valence-electron chi connectivity index (χ1n) is 6.97. The van der Waals surface area contributed by atoms with Crippen LogP contribution in [0.15, 0.2) is 24.8 Å². The summed E-state index contributed by atoms with van der Waals surface area (Å²) < 4.78 is 5.70. The van der Waals surface area contributed by atoms with Crippen molar-refractivity contribution in [2.24, 2.45) is 0 Å². The van der Waals surface area contributed by atoms with Crippen molar-refractivity contribution in [2.75, 3.05) is 19.7 Å². The lowest BCUT2D eigenvalue weighted by Crippen LogP contribution is -2.39. The van der Waals surface area contributed by atoms with Crippen LogP contribution < -0.4 is 5.32 Å². The molecule has 1 aliphatic carbocycles. The Bertz CT molecular complexity index is 546. The number of ether oxygens (including phenoxy) is 1. The van der Waals surface area contributed by atoms with Gasteiger partial charge in [-0.05, 0) is 29.9 Å². The van der Waals surface area contributed by atoms with E-state index in [2.05, 4.69) is 11.9 Å². The zero-order valence-corrected chi connectivity index (χ0v) is 11.3. The number of nitro groups is 1. The molecule has 2 fully saturated rings. The highest BCUT2D eigenvalue weighted by atomic mass is 16.6. The molecule has 0 spiro atoms. The fraction of sp³-hybridized carbons (Fsp3) is 0.467. The Hall–Kier alpha value is -1.72. The van der Waals surface area contributed by atoms with Gasteiger partial charge < -0.3 is 10.1 Å². The molecule has 5 heteroatoms. The monoisotopic (exact) mass is 274 g/mol. The molecule has 0 aromatic heterocycles. The van der Waals surface area contributed by atoms with E-state index in [0.29, 0.717) is 24.6 Å². The van der Waals surface area contributed by atoms with Gasteiger partial charge in [-0.1, -0.05) is 18.7 Å². The first-order valence-corrected chi connectivity index (χ1v) is 6.97. The molecule has 1 aromatic carbocycles. The minimum absolute atomic E-state index is 0.147. The number of hydrogen-bond donors (Lipinski definition) is 1. The average molecular weight is 274 g/mol. The smallest absolute Gasteiger partial charge is 0.277 e. The Morgan fingerprint density at radius 2 is 2.25 bits per heavy atom. The molecule has 5 nitrogen and oxygen atoms in total.